The van der Waals surface area contributed by atoms with Crippen LogP contribution in [0.1, 0.15) is 19.4 Å². The average molecular weight is 333 g/mol. The third-order valence-corrected chi connectivity index (χ3v) is 5.81. The van der Waals surface area contributed by atoms with Crippen molar-refractivity contribution in [1.82, 2.24) is 10.2 Å². The first-order valence-corrected chi connectivity index (χ1v) is 8.32. The summed E-state index contributed by atoms with van der Waals surface area (Å²) in [6.07, 6.45) is 0.227. The molecular weight excluding hydrogens is 314 g/mol. The molecule has 2 aliphatic rings. The Kier molecular flexibility index (Phi) is 3.83. The highest BCUT2D eigenvalue weighted by Crippen LogP contribution is 2.50. The van der Waals surface area contributed by atoms with E-state index in [1.807, 2.05) is 44.2 Å². The Bertz CT molecular complexity index is 662. The first kappa shape index (κ1) is 15.9. The molecule has 122 valence electrons. The van der Waals surface area contributed by atoms with Crippen molar-refractivity contribution in [3.63, 3.8) is 0 Å². The lowest BCUT2D eigenvalue weighted by Crippen LogP contribution is -2.71. The van der Waals surface area contributed by atoms with Crippen LogP contribution in [-0.4, -0.2) is 44.8 Å². The minimum absolute atomic E-state index is 0.199. The van der Waals surface area contributed by atoms with Crippen LogP contribution in [0, 0.1) is 0 Å². The van der Waals surface area contributed by atoms with Gasteiger partial charge in [-0.25, -0.2) is 0 Å². The summed E-state index contributed by atoms with van der Waals surface area (Å²) >= 11 is 1.50. The average Bonchev–Trinajstić information content (AvgIpc) is 2.74. The monoisotopic (exact) mass is 333 g/mol. The van der Waals surface area contributed by atoms with Crippen molar-refractivity contribution in [1.29, 1.82) is 0 Å². The van der Waals surface area contributed by atoms with E-state index in [0.717, 1.165) is 5.56 Å². The first-order chi connectivity index (χ1) is 10.8. The Labute approximate surface area is 138 Å². The Balaban J connectivity index is 1.66. The second kappa shape index (κ2) is 5.56. The van der Waals surface area contributed by atoms with E-state index in [2.05, 4.69) is 5.32 Å². The molecule has 0 saturated carbocycles. The number of amides is 3. The standard InChI is InChI=1S/C16H19N3O3S/c1-16(2)12(13(17)21)19-14(22)11(15(19)23-16)18-10(20)8-9-6-4-3-5-7-9/h3-7,11-12,15H,8H2,1-2H3,(H2,17,21)(H,18,20)/t11-,12-,15-/m1/s1. The number of hydrogen-bond acceptors (Lipinski definition) is 4. The highest BCUT2D eigenvalue weighted by atomic mass is 32.2. The fourth-order valence-electron chi connectivity index (χ4n) is 3.21. The van der Waals surface area contributed by atoms with Gasteiger partial charge in [0.2, 0.25) is 17.7 Å². The molecule has 2 saturated heterocycles. The molecule has 2 aliphatic heterocycles. The van der Waals surface area contributed by atoms with Crippen molar-refractivity contribution in [3.8, 4) is 0 Å². The van der Waals surface area contributed by atoms with Crippen LogP contribution in [0.4, 0.5) is 0 Å². The van der Waals surface area contributed by atoms with Crippen LogP contribution >= 0.6 is 11.8 Å². The number of primary amides is 1. The number of nitrogens with zero attached hydrogens (tertiary/aromatic N) is 1. The van der Waals surface area contributed by atoms with Crippen LogP contribution in [0.3, 0.4) is 0 Å². The molecular formula is C16H19N3O3S. The van der Waals surface area contributed by atoms with Crippen molar-refractivity contribution < 1.29 is 14.4 Å². The summed E-state index contributed by atoms with van der Waals surface area (Å²) in [7, 11) is 0. The maximum absolute atomic E-state index is 12.3. The van der Waals surface area contributed by atoms with Gasteiger partial charge < -0.3 is 16.0 Å². The zero-order valence-corrected chi connectivity index (χ0v) is 13.8. The predicted octanol–water partition coefficient (Wildman–Crippen LogP) is 0.262. The molecule has 0 aromatic heterocycles. The molecule has 3 N–H and O–H groups in total. The highest BCUT2D eigenvalue weighted by molar-refractivity contribution is 8.01. The minimum atomic E-state index is -0.632. The first-order valence-electron chi connectivity index (χ1n) is 7.44. The Morgan fingerprint density at radius 3 is 2.57 bits per heavy atom. The summed E-state index contributed by atoms with van der Waals surface area (Å²) in [5.74, 6) is -0.944. The van der Waals surface area contributed by atoms with Gasteiger partial charge >= 0.3 is 0 Å². The number of carbonyl (C=O) groups excluding carboxylic acids is 3. The third-order valence-electron chi connectivity index (χ3n) is 4.23. The summed E-state index contributed by atoms with van der Waals surface area (Å²) in [6.45, 7) is 3.78. The minimum Gasteiger partial charge on any atom is -0.368 e. The van der Waals surface area contributed by atoms with E-state index in [0.29, 0.717) is 0 Å². The third kappa shape index (κ3) is 2.69. The molecule has 0 aliphatic carbocycles. The number of benzene rings is 1. The van der Waals surface area contributed by atoms with Gasteiger partial charge in [0.15, 0.2) is 0 Å². The van der Waals surface area contributed by atoms with Crippen LogP contribution in [0.5, 0.6) is 0 Å². The van der Waals surface area contributed by atoms with Crippen LogP contribution in [0.2, 0.25) is 0 Å². The molecule has 1 aromatic carbocycles. The van der Waals surface area contributed by atoms with Gasteiger partial charge in [-0.3, -0.25) is 14.4 Å². The largest absolute Gasteiger partial charge is 0.368 e. The smallest absolute Gasteiger partial charge is 0.249 e. The number of nitrogens with one attached hydrogen (secondary N) is 1. The number of hydrogen-bond donors (Lipinski definition) is 2. The van der Waals surface area contributed by atoms with Gasteiger partial charge in [0, 0.05) is 4.75 Å². The van der Waals surface area contributed by atoms with E-state index in [9.17, 15) is 14.4 Å². The lowest BCUT2D eigenvalue weighted by Gasteiger charge is -2.43. The van der Waals surface area contributed by atoms with E-state index in [-0.39, 0.29) is 23.6 Å². The molecule has 0 radical (unpaired) electrons. The Morgan fingerprint density at radius 1 is 1.30 bits per heavy atom. The summed E-state index contributed by atoms with van der Waals surface area (Å²) in [6, 6.07) is 8.13. The molecule has 3 rings (SSSR count). The molecule has 0 bridgehead atoms. The highest BCUT2D eigenvalue weighted by Gasteiger charge is 2.63. The second-order valence-corrected chi connectivity index (χ2v) is 8.14. The van der Waals surface area contributed by atoms with Gasteiger partial charge in [0.25, 0.3) is 0 Å². The summed E-state index contributed by atoms with van der Waals surface area (Å²) in [4.78, 5) is 37.6. The van der Waals surface area contributed by atoms with Crippen LogP contribution < -0.4 is 11.1 Å². The van der Waals surface area contributed by atoms with Gasteiger partial charge in [-0.15, -0.1) is 11.8 Å². The second-order valence-electron chi connectivity index (χ2n) is 6.37. The van der Waals surface area contributed by atoms with Gasteiger partial charge in [-0.2, -0.15) is 0 Å². The fraction of sp³-hybridized carbons (Fsp3) is 0.438. The molecule has 6 nitrogen and oxygen atoms in total. The zero-order chi connectivity index (χ0) is 16.8. The van der Waals surface area contributed by atoms with Crippen LogP contribution in [0.15, 0.2) is 30.3 Å². The quantitative estimate of drug-likeness (QED) is 0.773. The lowest BCUT2D eigenvalue weighted by atomic mass is 9.95. The Morgan fingerprint density at radius 2 is 1.96 bits per heavy atom. The molecule has 0 spiro atoms. The Hall–Kier alpha value is -2.02. The number of β-lactam (4-membered cyclic amide) rings is 1. The lowest BCUT2D eigenvalue weighted by molar-refractivity contribution is -0.154. The van der Waals surface area contributed by atoms with Crippen LogP contribution in [0.25, 0.3) is 0 Å². The molecule has 2 heterocycles. The summed E-state index contributed by atoms with van der Waals surface area (Å²) < 4.78 is -0.453. The van der Waals surface area contributed by atoms with E-state index in [1.165, 1.54) is 16.7 Å². The van der Waals surface area contributed by atoms with E-state index >= 15 is 0 Å². The van der Waals surface area contributed by atoms with E-state index < -0.39 is 22.7 Å². The van der Waals surface area contributed by atoms with E-state index in [1.54, 1.807) is 0 Å². The van der Waals surface area contributed by atoms with Crippen molar-refractivity contribution in [2.24, 2.45) is 5.73 Å². The normalized spacial score (nSPS) is 28.0. The summed E-state index contributed by atoms with van der Waals surface area (Å²) in [5, 5.41) is 2.55. The number of nitrogens with two attached hydrogens (primary N) is 1. The number of thioether (sulfide) groups is 1. The van der Waals surface area contributed by atoms with Crippen LogP contribution in [-0.2, 0) is 20.8 Å². The van der Waals surface area contributed by atoms with Crippen molar-refractivity contribution in [3.05, 3.63) is 35.9 Å². The number of rotatable bonds is 4. The molecule has 23 heavy (non-hydrogen) atoms. The summed E-state index contributed by atoms with van der Waals surface area (Å²) in [5.41, 5.74) is 6.33. The molecule has 2 fully saturated rings. The molecule has 0 unspecified atom stereocenters. The van der Waals surface area contributed by atoms with Gasteiger partial charge in [0.05, 0.1) is 6.42 Å². The molecule has 7 heteroatoms. The van der Waals surface area contributed by atoms with E-state index in [4.69, 9.17) is 5.73 Å². The number of carbonyl (C=O) groups is 3. The van der Waals surface area contributed by atoms with Gasteiger partial charge in [-0.05, 0) is 19.4 Å². The van der Waals surface area contributed by atoms with Crippen molar-refractivity contribution >= 4 is 29.5 Å². The maximum atomic E-state index is 12.3. The molecule has 1 aromatic rings. The van der Waals surface area contributed by atoms with Gasteiger partial charge in [-0.1, -0.05) is 30.3 Å². The topological polar surface area (TPSA) is 92.5 Å². The molecule has 3 atom stereocenters. The SMILES string of the molecule is CC1(C)S[C@@H]2[C@H](NC(=O)Cc3ccccc3)C(=O)N2[C@@H]1C(N)=O. The fourth-order valence-corrected chi connectivity index (χ4v) is 4.86. The predicted molar refractivity (Wildman–Crippen MR) is 87.4 cm³/mol. The van der Waals surface area contributed by atoms with Crippen molar-refractivity contribution in [2.45, 2.75) is 42.5 Å². The number of fused-ring (bicyclic) bond motifs is 1. The zero-order valence-electron chi connectivity index (χ0n) is 13.0. The van der Waals surface area contributed by atoms with Gasteiger partial charge in [0.1, 0.15) is 17.5 Å². The maximum Gasteiger partial charge on any atom is 0.249 e. The van der Waals surface area contributed by atoms with Crippen molar-refractivity contribution in [2.75, 3.05) is 0 Å². The molecule has 3 amide bonds.